The first-order valence-electron chi connectivity index (χ1n) is 6.30. The molecule has 2 heterocycles. The molecule has 1 saturated carbocycles. The lowest BCUT2D eigenvalue weighted by molar-refractivity contribution is 0.359. The minimum Gasteiger partial charge on any atom is -0.382 e. The van der Waals surface area contributed by atoms with E-state index in [1.54, 1.807) is 4.68 Å². The van der Waals surface area contributed by atoms with Crippen LogP contribution >= 0.6 is 7.60 Å². The van der Waals surface area contributed by atoms with Crippen molar-refractivity contribution in [2.45, 2.75) is 25.3 Å². The Morgan fingerprint density at radius 1 is 1.40 bits per heavy atom. The largest absolute Gasteiger partial charge is 0.382 e. The fraction of sp³-hybridized carbons (Fsp3) is 0.600. The second kappa shape index (κ2) is 4.76. The molecule has 4 N–H and O–H groups in total. The van der Waals surface area contributed by atoms with Crippen LogP contribution in [0.2, 0.25) is 0 Å². The van der Waals surface area contributed by atoms with E-state index in [0.29, 0.717) is 17.6 Å². The lowest BCUT2D eigenvalue weighted by Crippen LogP contribution is -2.10. The Balaban J connectivity index is 1.83. The molecule has 2 aromatic rings. The van der Waals surface area contributed by atoms with E-state index in [9.17, 15) is 4.57 Å². The van der Waals surface area contributed by atoms with E-state index in [0.717, 1.165) is 12.8 Å². The van der Waals surface area contributed by atoms with Gasteiger partial charge in [0.25, 0.3) is 0 Å². The van der Waals surface area contributed by atoms with E-state index in [1.807, 2.05) is 0 Å². The van der Waals surface area contributed by atoms with Crippen molar-refractivity contribution in [2.24, 2.45) is 5.92 Å². The van der Waals surface area contributed by atoms with Crippen LogP contribution in [0.5, 0.6) is 0 Å². The van der Waals surface area contributed by atoms with E-state index in [-0.39, 0.29) is 23.9 Å². The second-order valence-corrected chi connectivity index (χ2v) is 6.84. The predicted octanol–water partition coefficient (Wildman–Crippen LogP) is 0.322. The first-order chi connectivity index (χ1) is 9.44. The third kappa shape index (κ3) is 2.52. The molecule has 9 nitrogen and oxygen atoms in total. The van der Waals surface area contributed by atoms with Crippen LogP contribution in [0.25, 0.3) is 11.2 Å². The van der Waals surface area contributed by atoms with Gasteiger partial charge in [-0.3, -0.25) is 4.57 Å². The molecule has 20 heavy (non-hydrogen) atoms. The Morgan fingerprint density at radius 2 is 2.20 bits per heavy atom. The van der Waals surface area contributed by atoms with Crippen LogP contribution in [-0.2, 0) is 4.57 Å². The van der Waals surface area contributed by atoms with Crippen molar-refractivity contribution < 1.29 is 14.4 Å². The van der Waals surface area contributed by atoms with Crippen molar-refractivity contribution in [1.29, 1.82) is 0 Å². The molecule has 0 aromatic carbocycles. The average molecular weight is 298 g/mol. The van der Waals surface area contributed by atoms with Gasteiger partial charge in [-0.1, -0.05) is 5.21 Å². The molecule has 2 aromatic heterocycles. The van der Waals surface area contributed by atoms with Gasteiger partial charge in [-0.2, -0.15) is 0 Å². The number of hydrogen-bond acceptors (Lipinski definition) is 6. The molecule has 0 bridgehead atoms. The predicted molar refractivity (Wildman–Crippen MR) is 70.8 cm³/mol. The summed E-state index contributed by atoms with van der Waals surface area (Å²) in [7, 11) is -3.97. The SMILES string of the molecule is Nc1ncnc2c1nnn2C1CCC(CP(=O)(O)O)C1. The third-order valence-corrected chi connectivity index (χ3v) is 4.64. The van der Waals surface area contributed by atoms with Crippen molar-refractivity contribution >= 4 is 24.6 Å². The molecular formula is C10H15N6O3P. The molecule has 1 aliphatic rings. The molecule has 0 radical (unpaired) electrons. The molecular weight excluding hydrogens is 283 g/mol. The highest BCUT2D eigenvalue weighted by molar-refractivity contribution is 7.51. The fourth-order valence-electron chi connectivity index (χ4n) is 2.80. The van der Waals surface area contributed by atoms with Gasteiger partial charge in [-0.05, 0) is 25.2 Å². The summed E-state index contributed by atoms with van der Waals surface area (Å²) in [5.74, 6) is 0.283. The van der Waals surface area contributed by atoms with E-state index in [2.05, 4.69) is 20.3 Å². The van der Waals surface area contributed by atoms with Crippen molar-refractivity contribution in [2.75, 3.05) is 11.9 Å². The van der Waals surface area contributed by atoms with E-state index in [4.69, 9.17) is 15.5 Å². The summed E-state index contributed by atoms with van der Waals surface area (Å²) in [6, 6.07) is 0.0471. The lowest BCUT2D eigenvalue weighted by atomic mass is 10.1. The Labute approximate surface area is 114 Å². The fourth-order valence-corrected chi connectivity index (χ4v) is 3.80. The molecule has 3 rings (SSSR count). The summed E-state index contributed by atoms with van der Waals surface area (Å²) < 4.78 is 12.7. The molecule has 1 aliphatic carbocycles. The Kier molecular flexibility index (Phi) is 3.19. The summed E-state index contributed by atoms with van der Waals surface area (Å²) in [5, 5.41) is 8.03. The zero-order valence-electron chi connectivity index (χ0n) is 10.6. The maximum absolute atomic E-state index is 11.1. The average Bonchev–Trinajstić information content (AvgIpc) is 2.93. The summed E-state index contributed by atoms with van der Waals surface area (Å²) >= 11 is 0. The van der Waals surface area contributed by atoms with Gasteiger partial charge < -0.3 is 15.5 Å². The highest BCUT2D eigenvalue weighted by Gasteiger charge is 2.32. The van der Waals surface area contributed by atoms with E-state index in [1.165, 1.54) is 6.33 Å². The molecule has 10 heteroatoms. The number of hydrogen-bond donors (Lipinski definition) is 3. The molecule has 0 aliphatic heterocycles. The first kappa shape index (κ1) is 13.4. The van der Waals surface area contributed by atoms with E-state index < -0.39 is 7.60 Å². The monoisotopic (exact) mass is 298 g/mol. The Morgan fingerprint density at radius 3 is 2.95 bits per heavy atom. The smallest absolute Gasteiger partial charge is 0.325 e. The van der Waals surface area contributed by atoms with Gasteiger partial charge in [0.1, 0.15) is 6.33 Å². The van der Waals surface area contributed by atoms with Gasteiger partial charge >= 0.3 is 7.60 Å². The minimum atomic E-state index is -3.97. The van der Waals surface area contributed by atoms with Crippen molar-refractivity contribution in [3.05, 3.63) is 6.33 Å². The van der Waals surface area contributed by atoms with Crippen LogP contribution in [0.1, 0.15) is 25.3 Å². The number of aromatic nitrogens is 5. The summed E-state index contributed by atoms with van der Waals surface area (Å²) in [6.07, 6.45) is 3.51. The minimum absolute atomic E-state index is 0.000678. The van der Waals surface area contributed by atoms with Crippen LogP contribution in [0, 0.1) is 5.92 Å². The number of rotatable bonds is 3. The molecule has 2 unspecified atom stereocenters. The lowest BCUT2D eigenvalue weighted by Gasteiger charge is -2.12. The van der Waals surface area contributed by atoms with Gasteiger partial charge in [-0.25, -0.2) is 14.6 Å². The van der Waals surface area contributed by atoms with Crippen molar-refractivity contribution in [3.8, 4) is 0 Å². The number of nitrogen functional groups attached to an aromatic ring is 1. The van der Waals surface area contributed by atoms with Crippen LogP contribution in [-0.4, -0.2) is 40.9 Å². The maximum Gasteiger partial charge on any atom is 0.325 e. The molecule has 1 fully saturated rings. The highest BCUT2D eigenvalue weighted by Crippen LogP contribution is 2.45. The molecule has 2 atom stereocenters. The van der Waals surface area contributed by atoms with Gasteiger partial charge in [0.05, 0.1) is 12.2 Å². The van der Waals surface area contributed by atoms with Crippen LogP contribution in [0.15, 0.2) is 6.33 Å². The van der Waals surface area contributed by atoms with Gasteiger partial charge in [0.15, 0.2) is 17.0 Å². The first-order valence-corrected chi connectivity index (χ1v) is 8.10. The molecule has 0 saturated heterocycles. The zero-order valence-corrected chi connectivity index (χ0v) is 11.5. The number of nitrogens with two attached hydrogens (primary N) is 1. The van der Waals surface area contributed by atoms with Crippen molar-refractivity contribution in [3.63, 3.8) is 0 Å². The zero-order chi connectivity index (χ0) is 14.3. The second-order valence-electron chi connectivity index (χ2n) is 5.15. The number of fused-ring (bicyclic) bond motifs is 1. The maximum atomic E-state index is 11.1. The van der Waals surface area contributed by atoms with Crippen molar-refractivity contribution in [1.82, 2.24) is 25.0 Å². The Hall–Kier alpha value is -1.57. The van der Waals surface area contributed by atoms with Crippen LogP contribution in [0.4, 0.5) is 5.82 Å². The highest BCUT2D eigenvalue weighted by atomic mass is 31.2. The molecule has 108 valence electrons. The summed E-state index contributed by atoms with van der Waals surface area (Å²) in [6.45, 7) is 0. The van der Waals surface area contributed by atoms with Crippen LogP contribution < -0.4 is 5.73 Å². The standard InChI is InChI=1S/C10H15N6O3P/c11-9-8-10(13-5-12-9)16(15-14-8)7-2-1-6(3-7)4-20(17,18)19/h5-7H,1-4H2,(H2,11,12,13)(H2,17,18,19). The third-order valence-electron chi connectivity index (χ3n) is 3.64. The molecule has 0 spiro atoms. The van der Waals surface area contributed by atoms with Crippen LogP contribution in [0.3, 0.4) is 0 Å². The van der Waals surface area contributed by atoms with Gasteiger partial charge in [-0.15, -0.1) is 5.10 Å². The number of nitrogens with zero attached hydrogens (tertiary/aromatic N) is 5. The normalized spacial score (nSPS) is 23.5. The quantitative estimate of drug-likeness (QED) is 0.688. The van der Waals surface area contributed by atoms with Gasteiger partial charge in [0.2, 0.25) is 0 Å². The topological polar surface area (TPSA) is 140 Å². The van der Waals surface area contributed by atoms with E-state index >= 15 is 0 Å². The Bertz CT molecular complexity index is 683. The summed E-state index contributed by atoms with van der Waals surface area (Å²) in [4.78, 5) is 26.1. The number of anilines is 1. The van der Waals surface area contributed by atoms with Gasteiger partial charge in [0, 0.05) is 0 Å². The molecule has 0 amide bonds. The summed E-state index contributed by atoms with van der Waals surface area (Å²) in [5.41, 5.74) is 6.74.